The van der Waals surface area contributed by atoms with Crippen molar-refractivity contribution in [2.45, 2.75) is 57.6 Å². The van der Waals surface area contributed by atoms with Gasteiger partial charge in [0.15, 0.2) is 0 Å². The Bertz CT molecular complexity index is 1350. The standard InChI is InChI=1S/C29H34BrN3O4S/c1-5-22(3)31-29(35)23(4)32(19-24-11-9-10-21(2)18-24)28(34)20-33(26-16-14-25(30)15-17-26)38(36,37)27-12-7-6-8-13-27/h6-18,22-23H,5,19-20H2,1-4H3,(H,31,35)/t22-,23-/m0/s1. The van der Waals surface area contributed by atoms with Crippen LogP contribution in [-0.2, 0) is 26.2 Å². The molecule has 0 bridgehead atoms. The molecule has 7 nitrogen and oxygen atoms in total. The first-order valence-electron chi connectivity index (χ1n) is 12.5. The largest absolute Gasteiger partial charge is 0.352 e. The molecule has 0 heterocycles. The Morgan fingerprint density at radius 3 is 2.21 bits per heavy atom. The van der Waals surface area contributed by atoms with Gasteiger partial charge in [-0.3, -0.25) is 13.9 Å². The maximum absolute atomic E-state index is 13.9. The highest BCUT2D eigenvalue weighted by molar-refractivity contribution is 9.10. The fraction of sp³-hybridized carbons (Fsp3) is 0.310. The second-order valence-electron chi connectivity index (χ2n) is 9.31. The number of amides is 2. The number of rotatable bonds is 11. The lowest BCUT2D eigenvalue weighted by Crippen LogP contribution is -2.52. The first-order valence-corrected chi connectivity index (χ1v) is 14.7. The summed E-state index contributed by atoms with van der Waals surface area (Å²) < 4.78 is 29.3. The van der Waals surface area contributed by atoms with Crippen molar-refractivity contribution >= 4 is 43.5 Å². The van der Waals surface area contributed by atoms with E-state index in [-0.39, 0.29) is 23.4 Å². The lowest BCUT2D eigenvalue weighted by atomic mass is 10.1. The van der Waals surface area contributed by atoms with Gasteiger partial charge in [0.1, 0.15) is 12.6 Å². The van der Waals surface area contributed by atoms with Gasteiger partial charge in [-0.2, -0.15) is 0 Å². The number of carbonyl (C=O) groups is 2. The van der Waals surface area contributed by atoms with E-state index in [0.29, 0.717) is 5.69 Å². The van der Waals surface area contributed by atoms with Crippen molar-refractivity contribution in [3.05, 3.63) is 94.5 Å². The van der Waals surface area contributed by atoms with Crippen LogP contribution in [0.2, 0.25) is 0 Å². The van der Waals surface area contributed by atoms with Gasteiger partial charge in [-0.1, -0.05) is 70.9 Å². The molecule has 0 spiro atoms. The molecular formula is C29H34BrN3O4S. The van der Waals surface area contributed by atoms with E-state index in [1.165, 1.54) is 17.0 Å². The van der Waals surface area contributed by atoms with Crippen LogP contribution in [0.1, 0.15) is 38.3 Å². The van der Waals surface area contributed by atoms with Crippen LogP contribution in [0.15, 0.2) is 88.2 Å². The van der Waals surface area contributed by atoms with Crippen LogP contribution >= 0.6 is 15.9 Å². The van der Waals surface area contributed by atoms with E-state index in [1.807, 2.05) is 45.0 Å². The first-order chi connectivity index (χ1) is 18.0. The van der Waals surface area contributed by atoms with Crippen LogP contribution in [0.25, 0.3) is 0 Å². The minimum absolute atomic E-state index is 0.0569. The van der Waals surface area contributed by atoms with Crippen molar-refractivity contribution in [2.75, 3.05) is 10.8 Å². The van der Waals surface area contributed by atoms with Crippen molar-refractivity contribution in [1.82, 2.24) is 10.2 Å². The molecule has 0 saturated carbocycles. The molecule has 0 fully saturated rings. The molecule has 0 unspecified atom stereocenters. The van der Waals surface area contributed by atoms with E-state index >= 15 is 0 Å². The lowest BCUT2D eigenvalue weighted by molar-refractivity contribution is -0.139. The third-order valence-corrected chi connectivity index (χ3v) is 8.65. The van der Waals surface area contributed by atoms with Gasteiger partial charge in [-0.15, -0.1) is 0 Å². The minimum Gasteiger partial charge on any atom is -0.352 e. The van der Waals surface area contributed by atoms with Crippen LogP contribution in [0.5, 0.6) is 0 Å². The second kappa shape index (κ2) is 13.1. The van der Waals surface area contributed by atoms with Gasteiger partial charge in [0.25, 0.3) is 10.0 Å². The average molecular weight is 601 g/mol. The Balaban J connectivity index is 2.01. The number of halogens is 1. The monoisotopic (exact) mass is 599 g/mol. The SMILES string of the molecule is CC[C@H](C)NC(=O)[C@H](C)N(Cc1cccc(C)c1)C(=O)CN(c1ccc(Br)cc1)S(=O)(=O)c1ccccc1. The summed E-state index contributed by atoms with van der Waals surface area (Å²) in [4.78, 5) is 28.5. The summed E-state index contributed by atoms with van der Waals surface area (Å²) >= 11 is 3.38. The predicted molar refractivity (Wildman–Crippen MR) is 154 cm³/mol. The maximum Gasteiger partial charge on any atom is 0.264 e. The van der Waals surface area contributed by atoms with Crippen LogP contribution in [0.4, 0.5) is 5.69 Å². The summed E-state index contributed by atoms with van der Waals surface area (Å²) in [6.07, 6.45) is 0.747. The van der Waals surface area contributed by atoms with Crippen LogP contribution < -0.4 is 9.62 Å². The van der Waals surface area contributed by atoms with Gasteiger partial charge in [-0.05, 0) is 69.2 Å². The number of sulfonamides is 1. The lowest BCUT2D eigenvalue weighted by Gasteiger charge is -2.32. The molecule has 0 saturated heterocycles. The molecule has 202 valence electrons. The van der Waals surface area contributed by atoms with Crippen molar-refractivity contribution in [3.8, 4) is 0 Å². The molecule has 3 aromatic carbocycles. The number of nitrogens with zero attached hydrogens (tertiary/aromatic N) is 2. The molecular weight excluding hydrogens is 566 g/mol. The van der Waals surface area contributed by atoms with Gasteiger partial charge < -0.3 is 10.2 Å². The zero-order valence-electron chi connectivity index (χ0n) is 22.1. The Kier molecular flexibility index (Phi) is 10.1. The first kappa shape index (κ1) is 29.4. The molecule has 0 aromatic heterocycles. The van der Waals surface area contributed by atoms with Gasteiger partial charge in [0.2, 0.25) is 11.8 Å². The normalized spacial score (nSPS) is 12.9. The topological polar surface area (TPSA) is 86.8 Å². The van der Waals surface area contributed by atoms with Crippen LogP contribution in [0, 0.1) is 6.92 Å². The number of carbonyl (C=O) groups excluding carboxylic acids is 2. The van der Waals surface area contributed by atoms with Crippen molar-refractivity contribution in [2.24, 2.45) is 0 Å². The summed E-state index contributed by atoms with van der Waals surface area (Å²) in [6, 6.07) is 21.5. The Morgan fingerprint density at radius 1 is 0.947 bits per heavy atom. The fourth-order valence-corrected chi connectivity index (χ4v) is 5.61. The summed E-state index contributed by atoms with van der Waals surface area (Å²) in [7, 11) is -4.07. The van der Waals surface area contributed by atoms with Gasteiger partial charge in [0, 0.05) is 17.1 Å². The van der Waals surface area contributed by atoms with Crippen LogP contribution in [-0.4, -0.2) is 43.8 Å². The highest BCUT2D eigenvalue weighted by Crippen LogP contribution is 2.26. The van der Waals surface area contributed by atoms with Gasteiger partial charge >= 0.3 is 0 Å². The molecule has 3 aromatic rings. The molecule has 9 heteroatoms. The van der Waals surface area contributed by atoms with E-state index in [2.05, 4.69) is 21.2 Å². The smallest absolute Gasteiger partial charge is 0.264 e. The number of aryl methyl sites for hydroxylation is 1. The van der Waals surface area contributed by atoms with E-state index in [1.54, 1.807) is 49.4 Å². The summed E-state index contributed by atoms with van der Waals surface area (Å²) in [5, 5.41) is 2.94. The molecule has 0 aliphatic rings. The fourth-order valence-electron chi connectivity index (χ4n) is 3.91. The van der Waals surface area contributed by atoms with E-state index in [4.69, 9.17) is 0 Å². The molecule has 2 amide bonds. The number of nitrogens with one attached hydrogen (secondary N) is 1. The molecule has 3 rings (SSSR count). The number of benzene rings is 3. The highest BCUT2D eigenvalue weighted by Gasteiger charge is 2.32. The molecule has 1 N–H and O–H groups in total. The average Bonchev–Trinajstić information content (AvgIpc) is 2.90. The minimum atomic E-state index is -4.07. The van der Waals surface area contributed by atoms with Gasteiger partial charge in [0.05, 0.1) is 10.6 Å². The Morgan fingerprint density at radius 2 is 1.61 bits per heavy atom. The van der Waals surface area contributed by atoms with E-state index in [0.717, 1.165) is 26.3 Å². The third kappa shape index (κ3) is 7.45. The van der Waals surface area contributed by atoms with Crippen molar-refractivity contribution < 1.29 is 18.0 Å². The number of hydrogen-bond acceptors (Lipinski definition) is 4. The zero-order chi connectivity index (χ0) is 27.9. The molecule has 0 aliphatic carbocycles. The second-order valence-corrected chi connectivity index (χ2v) is 12.1. The molecule has 0 aliphatic heterocycles. The quantitative estimate of drug-likeness (QED) is 0.324. The van der Waals surface area contributed by atoms with Gasteiger partial charge in [-0.25, -0.2) is 8.42 Å². The van der Waals surface area contributed by atoms with Crippen molar-refractivity contribution in [1.29, 1.82) is 0 Å². The molecule has 38 heavy (non-hydrogen) atoms. The van der Waals surface area contributed by atoms with Crippen LogP contribution in [0.3, 0.4) is 0 Å². The zero-order valence-corrected chi connectivity index (χ0v) is 24.5. The summed E-state index contributed by atoms with van der Waals surface area (Å²) in [5.74, 6) is -0.776. The third-order valence-electron chi connectivity index (χ3n) is 6.33. The Labute approximate surface area is 234 Å². The number of hydrogen-bond donors (Lipinski definition) is 1. The van der Waals surface area contributed by atoms with E-state index < -0.39 is 28.5 Å². The Hall–Kier alpha value is -3.17. The summed E-state index contributed by atoms with van der Waals surface area (Å²) in [5.41, 5.74) is 2.22. The molecule has 2 atom stereocenters. The molecule has 0 radical (unpaired) electrons. The van der Waals surface area contributed by atoms with E-state index in [9.17, 15) is 18.0 Å². The highest BCUT2D eigenvalue weighted by atomic mass is 79.9. The predicted octanol–water partition coefficient (Wildman–Crippen LogP) is 5.28. The maximum atomic E-state index is 13.9. The summed E-state index contributed by atoms with van der Waals surface area (Å²) in [6.45, 7) is 7.19. The van der Waals surface area contributed by atoms with Crippen molar-refractivity contribution in [3.63, 3.8) is 0 Å². The number of anilines is 1.